The molecule has 5 aromatic rings. The number of carbonyl (C=O) groups excluding carboxylic acids is 4. The number of aromatic nitrogens is 2. The summed E-state index contributed by atoms with van der Waals surface area (Å²) in [6.45, 7) is 1.20. The average Bonchev–Trinajstić information content (AvgIpc) is 4.02. The van der Waals surface area contributed by atoms with E-state index in [-0.39, 0.29) is 48.6 Å². The number of benzene rings is 4. The normalized spacial score (nSPS) is 17.6. The first-order valence-electron chi connectivity index (χ1n) is 19.4. The topological polar surface area (TPSA) is 146 Å². The van der Waals surface area contributed by atoms with Gasteiger partial charge in [0.2, 0.25) is 11.8 Å². The van der Waals surface area contributed by atoms with E-state index < -0.39 is 12.2 Å². The van der Waals surface area contributed by atoms with Crippen LogP contribution in [0.5, 0.6) is 0 Å². The van der Waals surface area contributed by atoms with Crippen LogP contribution in [0.3, 0.4) is 0 Å². The van der Waals surface area contributed by atoms with E-state index in [0.717, 1.165) is 59.3 Å². The number of amides is 4. The molecule has 57 heavy (non-hydrogen) atoms. The number of ether oxygens (including phenoxy) is 2. The molecule has 3 heterocycles. The maximum atomic E-state index is 13.4. The van der Waals surface area contributed by atoms with Crippen LogP contribution < -0.4 is 10.6 Å². The maximum absolute atomic E-state index is 13.4. The third-order valence-electron chi connectivity index (χ3n) is 10.8. The number of hydrogen-bond acceptors (Lipinski definition) is 7. The van der Waals surface area contributed by atoms with Gasteiger partial charge in [-0.2, -0.15) is 5.10 Å². The second kappa shape index (κ2) is 18.2. The zero-order valence-electron chi connectivity index (χ0n) is 32.2. The van der Waals surface area contributed by atoms with E-state index in [4.69, 9.17) is 9.47 Å². The van der Waals surface area contributed by atoms with E-state index in [0.29, 0.717) is 24.5 Å². The van der Waals surface area contributed by atoms with Crippen LogP contribution in [-0.2, 0) is 28.7 Å². The molecule has 1 aromatic heterocycles. The third kappa shape index (κ3) is 9.31. The number of rotatable bonds is 14. The number of nitrogens with one attached hydrogen (secondary N) is 3. The first-order chi connectivity index (χ1) is 27.8. The molecular weight excluding hydrogens is 721 g/mol. The summed E-state index contributed by atoms with van der Waals surface area (Å²) in [5, 5.41) is 13.6. The minimum atomic E-state index is -0.702. The van der Waals surface area contributed by atoms with Crippen LogP contribution in [-0.4, -0.2) is 83.0 Å². The Bertz CT molecular complexity index is 1990. The molecule has 0 aliphatic carbocycles. The molecule has 0 radical (unpaired) electrons. The maximum Gasteiger partial charge on any atom is 0.256 e. The number of likely N-dealkylation sites (tertiary alicyclic amines) is 2. The van der Waals surface area contributed by atoms with Gasteiger partial charge in [-0.3, -0.25) is 24.3 Å². The summed E-state index contributed by atoms with van der Waals surface area (Å²) in [4.78, 5) is 56.6. The van der Waals surface area contributed by atoms with E-state index in [1.165, 1.54) is 14.2 Å². The quantitative estimate of drug-likeness (QED) is 0.109. The molecule has 2 aliphatic heterocycles. The summed E-state index contributed by atoms with van der Waals surface area (Å²) in [6.07, 6.45) is 2.20. The van der Waals surface area contributed by atoms with Crippen molar-refractivity contribution >= 4 is 35.0 Å². The predicted octanol–water partition coefficient (Wildman–Crippen LogP) is 7.16. The molecule has 12 heteroatoms. The summed E-state index contributed by atoms with van der Waals surface area (Å²) in [5.41, 5.74) is 6.23. The highest BCUT2D eigenvalue weighted by Gasteiger charge is 2.36. The van der Waals surface area contributed by atoms with E-state index in [1.54, 1.807) is 9.80 Å². The van der Waals surface area contributed by atoms with Crippen molar-refractivity contribution in [3.63, 3.8) is 0 Å². The van der Waals surface area contributed by atoms with Crippen molar-refractivity contribution in [2.45, 2.75) is 62.8 Å². The number of carbonyl (C=O) groups is 4. The highest BCUT2D eigenvalue weighted by molar-refractivity contribution is 5.93. The highest BCUT2D eigenvalue weighted by Crippen LogP contribution is 2.30. The Morgan fingerprint density at radius 1 is 0.649 bits per heavy atom. The lowest BCUT2D eigenvalue weighted by Crippen LogP contribution is -2.41. The molecule has 4 amide bonds. The summed E-state index contributed by atoms with van der Waals surface area (Å²) < 4.78 is 11.1. The van der Waals surface area contributed by atoms with E-state index in [2.05, 4.69) is 20.8 Å². The van der Waals surface area contributed by atoms with Crippen LogP contribution in [0.1, 0.15) is 61.9 Å². The van der Waals surface area contributed by atoms with Gasteiger partial charge in [0.25, 0.3) is 11.8 Å². The lowest BCUT2D eigenvalue weighted by Gasteiger charge is -2.28. The zero-order chi connectivity index (χ0) is 39.7. The van der Waals surface area contributed by atoms with Gasteiger partial charge >= 0.3 is 0 Å². The van der Waals surface area contributed by atoms with Gasteiger partial charge in [0.05, 0.1) is 11.4 Å². The van der Waals surface area contributed by atoms with Gasteiger partial charge in [-0.1, -0.05) is 84.9 Å². The molecule has 7 rings (SSSR count). The number of H-pyrrole nitrogens is 1. The zero-order valence-corrected chi connectivity index (χ0v) is 32.2. The fourth-order valence-electron chi connectivity index (χ4n) is 7.92. The Labute approximate surface area is 332 Å². The van der Waals surface area contributed by atoms with Gasteiger partial charge in [0, 0.05) is 69.2 Å². The molecule has 2 aliphatic rings. The number of nitrogens with zero attached hydrogens (tertiary/aromatic N) is 3. The summed E-state index contributed by atoms with van der Waals surface area (Å²) >= 11 is 0. The molecule has 0 unspecified atom stereocenters. The van der Waals surface area contributed by atoms with Crippen LogP contribution >= 0.6 is 0 Å². The minimum absolute atomic E-state index is 0.122. The van der Waals surface area contributed by atoms with Gasteiger partial charge in [-0.05, 0) is 72.7 Å². The van der Waals surface area contributed by atoms with Crippen LogP contribution in [0.4, 0.5) is 11.4 Å². The summed E-state index contributed by atoms with van der Waals surface area (Å²) in [6, 6.07) is 35.4. The number of aromatic amines is 1. The van der Waals surface area contributed by atoms with Gasteiger partial charge in [0.1, 0.15) is 0 Å². The van der Waals surface area contributed by atoms with Gasteiger partial charge in [0.15, 0.2) is 12.2 Å². The molecule has 0 bridgehead atoms. The molecule has 4 atom stereocenters. The van der Waals surface area contributed by atoms with Gasteiger partial charge < -0.3 is 29.9 Å². The minimum Gasteiger partial charge on any atom is -0.367 e. The molecule has 4 aromatic carbocycles. The largest absolute Gasteiger partial charge is 0.367 e. The lowest BCUT2D eigenvalue weighted by atomic mass is 10.1. The monoisotopic (exact) mass is 768 g/mol. The Kier molecular flexibility index (Phi) is 12.5. The van der Waals surface area contributed by atoms with Crippen molar-refractivity contribution in [2.24, 2.45) is 0 Å². The molecule has 2 fully saturated rings. The first kappa shape index (κ1) is 39.1. The number of hydrogen-bond donors (Lipinski definition) is 3. The number of anilines is 2. The van der Waals surface area contributed by atoms with Crippen molar-refractivity contribution in [1.29, 1.82) is 0 Å². The standard InChI is InChI=1S/C45H48N6O6/c1-56-42(32-11-5-3-6-12-32)44(54)50-25-9-15-36(50)27-40(52)46-34-21-17-30(18-22-34)38-29-39(49-48-38)31-19-23-35(24-20-31)47-41(53)28-37-16-10-26-51(37)45(55)43(57-2)33-13-7-4-8-14-33/h3-8,11-14,17-24,29,36-37,42-43H,9-10,15-16,25-28H2,1-2H3,(H,46,52)(H,47,53)(H,48,49)/t36-,37-,42+,43+/m0/s1. The Balaban J connectivity index is 0.900. The van der Waals surface area contributed by atoms with Crippen molar-refractivity contribution in [3.05, 3.63) is 126 Å². The summed E-state index contributed by atoms with van der Waals surface area (Å²) in [5.74, 6) is -0.554. The van der Waals surface area contributed by atoms with Crippen molar-refractivity contribution in [3.8, 4) is 22.5 Å². The molecule has 2 saturated heterocycles. The fraction of sp³-hybridized carbons (Fsp3) is 0.311. The second-order valence-corrected chi connectivity index (χ2v) is 14.5. The summed E-state index contributed by atoms with van der Waals surface area (Å²) in [7, 11) is 3.07. The van der Waals surface area contributed by atoms with Crippen LogP contribution in [0, 0.1) is 0 Å². The molecule has 0 saturated carbocycles. The van der Waals surface area contributed by atoms with Gasteiger partial charge in [-0.15, -0.1) is 0 Å². The molecule has 294 valence electrons. The third-order valence-corrected chi connectivity index (χ3v) is 10.8. The smallest absolute Gasteiger partial charge is 0.256 e. The molecule has 0 spiro atoms. The van der Waals surface area contributed by atoms with Crippen LogP contribution in [0.25, 0.3) is 22.5 Å². The highest BCUT2D eigenvalue weighted by atomic mass is 16.5. The molecule has 12 nitrogen and oxygen atoms in total. The van der Waals surface area contributed by atoms with E-state index in [1.807, 2.05) is 115 Å². The van der Waals surface area contributed by atoms with Crippen LogP contribution in [0.2, 0.25) is 0 Å². The fourth-order valence-corrected chi connectivity index (χ4v) is 7.92. The lowest BCUT2D eigenvalue weighted by molar-refractivity contribution is -0.144. The Morgan fingerprint density at radius 3 is 1.53 bits per heavy atom. The number of methoxy groups -OCH3 is 2. The average molecular weight is 769 g/mol. The first-order valence-corrected chi connectivity index (χ1v) is 19.4. The van der Waals surface area contributed by atoms with Crippen LogP contribution in [0.15, 0.2) is 115 Å². The van der Waals surface area contributed by atoms with Crippen molar-refractivity contribution < 1.29 is 28.7 Å². The van der Waals surface area contributed by atoms with E-state index >= 15 is 0 Å². The van der Waals surface area contributed by atoms with Crippen molar-refractivity contribution in [1.82, 2.24) is 20.0 Å². The molecule has 3 N–H and O–H groups in total. The van der Waals surface area contributed by atoms with E-state index in [9.17, 15) is 19.2 Å². The SMILES string of the molecule is CO[C@@H](C(=O)N1CCC[C@H]1CC(=O)Nc1ccc(-c2cc(-c3ccc(NC(=O)C[C@@H]4CCCN4C(=O)[C@H](OC)c4ccccc4)cc3)[nH]n2)cc1)c1ccccc1. The predicted molar refractivity (Wildman–Crippen MR) is 218 cm³/mol. The van der Waals surface area contributed by atoms with Crippen molar-refractivity contribution in [2.75, 3.05) is 37.9 Å². The molecular formula is C45H48N6O6. The Hall–Kier alpha value is -6.11. The van der Waals surface area contributed by atoms with Gasteiger partial charge in [-0.25, -0.2) is 0 Å². The second-order valence-electron chi connectivity index (χ2n) is 14.5. The Morgan fingerprint density at radius 2 is 1.09 bits per heavy atom.